The van der Waals surface area contributed by atoms with Crippen LogP contribution in [-0.2, 0) is 0 Å². The first kappa shape index (κ1) is 8.41. The average Bonchev–Trinajstić information content (AvgIpc) is 2.07. The molecule has 1 heteroatoms. The van der Waals surface area contributed by atoms with E-state index in [0.29, 0.717) is 0 Å². The van der Waals surface area contributed by atoms with Gasteiger partial charge in [-0.05, 0) is 18.4 Å². The number of hydrogen-bond donors (Lipinski definition) is 0. The Bertz CT molecular complexity index is 226. The van der Waals surface area contributed by atoms with Crippen molar-refractivity contribution in [3.05, 3.63) is 42.3 Å². The molecular formula is C10H11S. The first-order valence-electron chi connectivity index (χ1n) is 3.70. The predicted molar refractivity (Wildman–Crippen MR) is 52.7 cm³/mol. The Balaban J connectivity index is 2.69. The van der Waals surface area contributed by atoms with Crippen molar-refractivity contribution in [1.82, 2.24) is 0 Å². The molecular weight excluding hydrogens is 152 g/mol. The lowest BCUT2D eigenvalue weighted by Crippen LogP contribution is -1.95. The van der Waals surface area contributed by atoms with E-state index < -0.39 is 0 Å². The Kier molecular flexibility index (Phi) is 3.24. The number of thiocarbonyl (C=S) groups is 1. The Morgan fingerprint density at radius 3 is 2.55 bits per heavy atom. The third-order valence-electron chi connectivity index (χ3n) is 1.49. The second-order valence-corrected chi connectivity index (χ2v) is 2.89. The summed E-state index contributed by atoms with van der Waals surface area (Å²) >= 11 is 5.19. The molecule has 0 atom stereocenters. The lowest BCUT2D eigenvalue weighted by atomic mass is 10.1. The molecule has 1 aromatic rings. The molecule has 1 radical (unpaired) electrons. The van der Waals surface area contributed by atoms with Gasteiger partial charge in [0.1, 0.15) is 0 Å². The van der Waals surface area contributed by atoms with Crippen LogP contribution in [0.25, 0.3) is 0 Å². The van der Waals surface area contributed by atoms with Crippen molar-refractivity contribution in [3.8, 4) is 0 Å². The van der Waals surface area contributed by atoms with E-state index in [2.05, 4.69) is 6.42 Å². The smallest absolute Gasteiger partial charge is 0.0227 e. The Labute approximate surface area is 73.2 Å². The standard InChI is InChI=1S/C10H11S/c1-2-6-10(11)9-7-4-3-5-8-9/h2-5,7-8H,6H2,1H3. The first-order valence-corrected chi connectivity index (χ1v) is 4.11. The maximum atomic E-state index is 5.19. The lowest BCUT2D eigenvalue weighted by molar-refractivity contribution is 1.28. The fraction of sp³-hybridized carbons (Fsp3) is 0.200. The van der Waals surface area contributed by atoms with Crippen molar-refractivity contribution in [2.45, 2.75) is 13.3 Å². The van der Waals surface area contributed by atoms with Crippen molar-refractivity contribution in [2.24, 2.45) is 0 Å². The van der Waals surface area contributed by atoms with Gasteiger partial charge < -0.3 is 0 Å². The summed E-state index contributed by atoms with van der Waals surface area (Å²) < 4.78 is 0. The molecule has 0 spiro atoms. The fourth-order valence-electron chi connectivity index (χ4n) is 0.927. The van der Waals surface area contributed by atoms with Crippen LogP contribution in [0.2, 0.25) is 0 Å². The Morgan fingerprint density at radius 1 is 1.36 bits per heavy atom. The van der Waals surface area contributed by atoms with E-state index in [0.717, 1.165) is 11.3 Å². The van der Waals surface area contributed by atoms with Crippen LogP contribution in [0.4, 0.5) is 0 Å². The van der Waals surface area contributed by atoms with Gasteiger partial charge in [-0.25, -0.2) is 0 Å². The highest BCUT2D eigenvalue weighted by Crippen LogP contribution is 2.05. The molecule has 0 saturated carbocycles. The van der Waals surface area contributed by atoms with Crippen LogP contribution in [-0.4, -0.2) is 4.86 Å². The molecule has 0 N–H and O–H groups in total. The van der Waals surface area contributed by atoms with Gasteiger partial charge in [0.2, 0.25) is 0 Å². The predicted octanol–water partition coefficient (Wildman–Crippen LogP) is 3.02. The van der Waals surface area contributed by atoms with E-state index in [4.69, 9.17) is 12.2 Å². The lowest BCUT2D eigenvalue weighted by Gasteiger charge is -1.99. The molecule has 0 fully saturated rings. The zero-order valence-corrected chi connectivity index (χ0v) is 7.40. The van der Waals surface area contributed by atoms with Crippen LogP contribution >= 0.6 is 12.2 Å². The molecule has 1 rings (SSSR count). The third kappa shape index (κ3) is 2.43. The maximum absolute atomic E-state index is 5.19. The molecule has 0 unspecified atom stereocenters. The van der Waals surface area contributed by atoms with Gasteiger partial charge in [-0.3, -0.25) is 0 Å². The summed E-state index contributed by atoms with van der Waals surface area (Å²) in [6, 6.07) is 10.1. The monoisotopic (exact) mass is 163 g/mol. The molecule has 0 saturated heterocycles. The topological polar surface area (TPSA) is 0 Å². The third-order valence-corrected chi connectivity index (χ3v) is 1.89. The van der Waals surface area contributed by atoms with Crippen molar-refractivity contribution in [1.29, 1.82) is 0 Å². The van der Waals surface area contributed by atoms with Gasteiger partial charge >= 0.3 is 0 Å². The Hall–Kier alpha value is -0.690. The summed E-state index contributed by atoms with van der Waals surface area (Å²) in [5, 5.41) is 0. The van der Waals surface area contributed by atoms with Crippen LogP contribution in [0.1, 0.15) is 18.9 Å². The average molecular weight is 163 g/mol. The molecule has 11 heavy (non-hydrogen) atoms. The summed E-state index contributed by atoms with van der Waals surface area (Å²) in [5.41, 5.74) is 1.17. The van der Waals surface area contributed by atoms with Crippen LogP contribution in [0.3, 0.4) is 0 Å². The molecule has 0 aromatic heterocycles. The second-order valence-electron chi connectivity index (χ2n) is 2.40. The quantitative estimate of drug-likeness (QED) is 0.487. The summed E-state index contributed by atoms with van der Waals surface area (Å²) in [6.07, 6.45) is 2.98. The maximum Gasteiger partial charge on any atom is 0.0227 e. The molecule has 1 aromatic carbocycles. The van der Waals surface area contributed by atoms with E-state index in [-0.39, 0.29) is 0 Å². The van der Waals surface area contributed by atoms with E-state index in [1.165, 1.54) is 5.56 Å². The van der Waals surface area contributed by atoms with Gasteiger partial charge in [-0.1, -0.05) is 49.5 Å². The van der Waals surface area contributed by atoms with Gasteiger partial charge in [0.05, 0.1) is 0 Å². The van der Waals surface area contributed by atoms with E-state index in [9.17, 15) is 0 Å². The molecule has 0 aliphatic heterocycles. The minimum atomic E-state index is 0.902. The fourth-order valence-corrected chi connectivity index (χ4v) is 1.23. The van der Waals surface area contributed by atoms with Gasteiger partial charge in [-0.2, -0.15) is 0 Å². The normalized spacial score (nSPS) is 9.55. The highest BCUT2D eigenvalue weighted by atomic mass is 32.1. The molecule has 0 nitrogen and oxygen atoms in total. The van der Waals surface area contributed by atoms with Gasteiger partial charge in [-0.15, -0.1) is 0 Å². The Morgan fingerprint density at radius 2 is 2.00 bits per heavy atom. The second kappa shape index (κ2) is 4.24. The highest BCUT2D eigenvalue weighted by molar-refractivity contribution is 7.80. The van der Waals surface area contributed by atoms with Crippen molar-refractivity contribution in [2.75, 3.05) is 0 Å². The molecule has 0 aliphatic rings. The molecule has 0 amide bonds. The molecule has 57 valence electrons. The van der Waals surface area contributed by atoms with Crippen molar-refractivity contribution < 1.29 is 0 Å². The zero-order chi connectivity index (χ0) is 8.10. The first-order chi connectivity index (χ1) is 5.34. The highest BCUT2D eigenvalue weighted by Gasteiger charge is 1.96. The summed E-state index contributed by atoms with van der Waals surface area (Å²) in [6.45, 7) is 2.02. The molecule has 0 bridgehead atoms. The zero-order valence-electron chi connectivity index (χ0n) is 6.58. The van der Waals surface area contributed by atoms with E-state index in [1.54, 1.807) is 0 Å². The SMILES string of the molecule is C[CH]CC(=S)c1ccccc1. The van der Waals surface area contributed by atoms with Crippen molar-refractivity contribution >= 4 is 17.1 Å². The van der Waals surface area contributed by atoms with Gasteiger partial charge in [0.15, 0.2) is 0 Å². The minimum absolute atomic E-state index is 0.902. The van der Waals surface area contributed by atoms with Crippen LogP contribution < -0.4 is 0 Å². The molecule has 0 aliphatic carbocycles. The summed E-state index contributed by atoms with van der Waals surface area (Å²) in [7, 11) is 0. The number of hydrogen-bond acceptors (Lipinski definition) is 1. The van der Waals surface area contributed by atoms with Crippen LogP contribution in [0.15, 0.2) is 30.3 Å². The van der Waals surface area contributed by atoms with Crippen LogP contribution in [0, 0.1) is 6.42 Å². The summed E-state index contributed by atoms with van der Waals surface area (Å²) in [5.74, 6) is 0. The minimum Gasteiger partial charge on any atom is -0.0843 e. The van der Waals surface area contributed by atoms with Crippen LogP contribution in [0.5, 0.6) is 0 Å². The van der Waals surface area contributed by atoms with E-state index >= 15 is 0 Å². The largest absolute Gasteiger partial charge is 0.0843 e. The van der Waals surface area contributed by atoms with Crippen molar-refractivity contribution in [3.63, 3.8) is 0 Å². The van der Waals surface area contributed by atoms with Gasteiger partial charge in [0, 0.05) is 4.86 Å². The number of benzene rings is 1. The molecule has 0 heterocycles. The van der Waals surface area contributed by atoms with Gasteiger partial charge in [0.25, 0.3) is 0 Å². The summed E-state index contributed by atoms with van der Waals surface area (Å²) in [4.78, 5) is 1.02. The number of rotatable bonds is 3. The van der Waals surface area contributed by atoms with E-state index in [1.807, 2.05) is 37.3 Å².